The lowest BCUT2D eigenvalue weighted by Crippen LogP contribution is -2.14. The Kier molecular flexibility index (Phi) is 2.79. The molecule has 13 heavy (non-hydrogen) atoms. The highest BCUT2D eigenvalue weighted by atomic mass is 35.5. The maximum absolute atomic E-state index is 10.9. The minimum Gasteiger partial charge on any atom is -0.475 e. The molecule has 0 aromatic carbocycles. The van der Waals surface area contributed by atoms with Crippen molar-refractivity contribution in [3.63, 3.8) is 0 Å². The number of hydrogen-bond donors (Lipinski definition) is 1. The van der Waals surface area contributed by atoms with E-state index >= 15 is 0 Å². The fraction of sp³-hybridized carbons (Fsp3) is 0. The van der Waals surface area contributed by atoms with E-state index in [0.29, 0.717) is 0 Å². The zero-order valence-corrected chi connectivity index (χ0v) is 7.50. The summed E-state index contributed by atoms with van der Waals surface area (Å²) in [7, 11) is 0. The number of aliphatic carboxylic acids is 1. The van der Waals surface area contributed by atoms with E-state index in [-0.39, 0.29) is 10.3 Å². The van der Waals surface area contributed by atoms with Crippen LogP contribution in [-0.2, 0) is 4.79 Å². The highest BCUT2D eigenvalue weighted by molar-refractivity contribution is 6.48. The molecule has 0 unspecified atom stereocenters. The first-order valence-electron chi connectivity index (χ1n) is 2.97. The Morgan fingerprint density at radius 1 is 1.23 bits per heavy atom. The molecule has 1 N–H and O–H groups in total. The molecule has 0 amide bonds. The summed E-state index contributed by atoms with van der Waals surface area (Å²) in [6.45, 7) is 0. The molecule has 68 valence electrons. The van der Waals surface area contributed by atoms with E-state index in [4.69, 9.17) is 28.3 Å². The first-order chi connectivity index (χ1) is 6.04. The van der Waals surface area contributed by atoms with Crippen molar-refractivity contribution in [3.05, 3.63) is 22.2 Å². The Bertz CT molecular complexity index is 360. The van der Waals surface area contributed by atoms with Crippen molar-refractivity contribution in [3.8, 4) is 0 Å². The number of hydrogen-bond acceptors (Lipinski definition) is 4. The van der Waals surface area contributed by atoms with Crippen molar-refractivity contribution in [1.29, 1.82) is 0 Å². The number of Topliss-reactive ketones (excluding diaryl/α,β-unsaturated/α-hetero) is 1. The molecule has 0 spiro atoms. The molecule has 0 aliphatic rings. The summed E-state index contributed by atoms with van der Waals surface area (Å²) < 4.78 is 0. The van der Waals surface area contributed by atoms with Gasteiger partial charge in [-0.25, -0.2) is 14.8 Å². The highest BCUT2D eigenvalue weighted by Crippen LogP contribution is 2.19. The molecule has 0 saturated carbocycles. The van der Waals surface area contributed by atoms with Crippen LogP contribution in [0.5, 0.6) is 0 Å². The SMILES string of the molecule is O=C(O)C(=O)c1c(Cl)ncnc1Cl. The van der Waals surface area contributed by atoms with E-state index in [2.05, 4.69) is 9.97 Å². The van der Waals surface area contributed by atoms with Crippen LogP contribution in [0.25, 0.3) is 0 Å². The van der Waals surface area contributed by atoms with Gasteiger partial charge in [0.25, 0.3) is 5.78 Å². The molecule has 1 aromatic heterocycles. The molecule has 5 nitrogen and oxygen atoms in total. The number of halogens is 2. The molecule has 1 aromatic rings. The van der Waals surface area contributed by atoms with Crippen LogP contribution in [-0.4, -0.2) is 26.8 Å². The van der Waals surface area contributed by atoms with Gasteiger partial charge in [0.2, 0.25) is 0 Å². The van der Waals surface area contributed by atoms with Gasteiger partial charge < -0.3 is 5.11 Å². The van der Waals surface area contributed by atoms with Crippen LogP contribution in [0.4, 0.5) is 0 Å². The number of aromatic nitrogens is 2. The second kappa shape index (κ2) is 3.68. The molecule has 0 aliphatic carbocycles. The molecular formula is C6H2Cl2N2O3. The third kappa shape index (κ3) is 1.93. The van der Waals surface area contributed by atoms with Gasteiger partial charge in [0.15, 0.2) is 0 Å². The minimum atomic E-state index is -1.65. The van der Waals surface area contributed by atoms with Crippen LogP contribution in [0, 0.1) is 0 Å². The monoisotopic (exact) mass is 220 g/mol. The molecular weight excluding hydrogens is 219 g/mol. The summed E-state index contributed by atoms with van der Waals surface area (Å²) in [6.07, 6.45) is 1.03. The zero-order valence-electron chi connectivity index (χ0n) is 5.99. The third-order valence-corrected chi connectivity index (χ3v) is 1.75. The van der Waals surface area contributed by atoms with Gasteiger partial charge in [0.05, 0.1) is 0 Å². The second-order valence-corrected chi connectivity index (χ2v) is 2.68. The third-order valence-electron chi connectivity index (χ3n) is 1.18. The van der Waals surface area contributed by atoms with Gasteiger partial charge >= 0.3 is 5.97 Å². The summed E-state index contributed by atoms with van der Waals surface area (Å²) in [5, 5.41) is 7.82. The van der Waals surface area contributed by atoms with Crippen LogP contribution in [0.3, 0.4) is 0 Å². The Labute approximate surface area is 82.3 Å². The van der Waals surface area contributed by atoms with Gasteiger partial charge in [-0.2, -0.15) is 0 Å². The smallest absolute Gasteiger partial charge is 0.377 e. The molecule has 0 atom stereocenters. The molecule has 0 radical (unpaired) electrons. The fourth-order valence-electron chi connectivity index (χ4n) is 0.639. The van der Waals surface area contributed by atoms with E-state index in [1.54, 1.807) is 0 Å². The average Bonchev–Trinajstić information content (AvgIpc) is 2.03. The lowest BCUT2D eigenvalue weighted by atomic mass is 10.2. The summed E-state index contributed by atoms with van der Waals surface area (Å²) in [5.41, 5.74) is -0.390. The molecule has 0 aliphatic heterocycles. The largest absolute Gasteiger partial charge is 0.475 e. The van der Waals surface area contributed by atoms with Gasteiger partial charge in [-0.1, -0.05) is 23.2 Å². The van der Waals surface area contributed by atoms with Crippen molar-refractivity contribution in [2.45, 2.75) is 0 Å². The summed E-state index contributed by atoms with van der Waals surface area (Å²) in [6, 6.07) is 0. The van der Waals surface area contributed by atoms with Gasteiger partial charge in [-0.3, -0.25) is 4.79 Å². The van der Waals surface area contributed by atoms with Crippen LogP contribution < -0.4 is 0 Å². The summed E-state index contributed by atoms with van der Waals surface area (Å²) >= 11 is 10.9. The predicted molar refractivity (Wildman–Crippen MR) is 44.0 cm³/mol. The van der Waals surface area contributed by atoms with Crippen LogP contribution >= 0.6 is 23.2 Å². The highest BCUT2D eigenvalue weighted by Gasteiger charge is 2.22. The Balaban J connectivity index is 3.28. The normalized spacial score (nSPS) is 9.69. The van der Waals surface area contributed by atoms with E-state index in [1.165, 1.54) is 0 Å². The van der Waals surface area contributed by atoms with Crippen molar-refractivity contribution < 1.29 is 14.7 Å². The summed E-state index contributed by atoms with van der Waals surface area (Å²) in [4.78, 5) is 28.1. The first kappa shape index (κ1) is 9.88. The molecule has 7 heteroatoms. The van der Waals surface area contributed by atoms with Crippen molar-refractivity contribution in [2.75, 3.05) is 0 Å². The lowest BCUT2D eigenvalue weighted by Gasteiger charge is -1.99. The van der Waals surface area contributed by atoms with Gasteiger partial charge in [0, 0.05) is 0 Å². The number of carbonyl (C=O) groups excluding carboxylic acids is 1. The maximum Gasteiger partial charge on any atom is 0.377 e. The Morgan fingerprint density at radius 3 is 2.08 bits per heavy atom. The zero-order chi connectivity index (χ0) is 10.0. The lowest BCUT2D eigenvalue weighted by molar-refractivity contribution is -0.131. The average molecular weight is 221 g/mol. The fourth-order valence-corrected chi connectivity index (χ4v) is 1.13. The Morgan fingerprint density at radius 2 is 1.69 bits per heavy atom. The van der Waals surface area contributed by atoms with Crippen molar-refractivity contribution in [2.24, 2.45) is 0 Å². The predicted octanol–water partition coefficient (Wildman–Crippen LogP) is 1.05. The number of carboxylic acid groups (broad SMARTS) is 1. The molecule has 0 fully saturated rings. The minimum absolute atomic E-state index is 0.271. The number of carboxylic acids is 1. The molecule has 0 saturated heterocycles. The first-order valence-corrected chi connectivity index (χ1v) is 3.73. The van der Waals surface area contributed by atoms with Crippen molar-refractivity contribution >= 4 is 35.0 Å². The standard InChI is InChI=1S/C6H2Cl2N2O3/c7-4-2(3(11)6(12)13)5(8)10-1-9-4/h1H,(H,12,13). The quantitative estimate of drug-likeness (QED) is 0.458. The number of carbonyl (C=O) groups is 2. The topological polar surface area (TPSA) is 80.1 Å². The van der Waals surface area contributed by atoms with Gasteiger partial charge in [-0.05, 0) is 0 Å². The van der Waals surface area contributed by atoms with Gasteiger partial charge in [0.1, 0.15) is 22.2 Å². The van der Waals surface area contributed by atoms with Crippen molar-refractivity contribution in [1.82, 2.24) is 9.97 Å². The Hall–Kier alpha value is -1.20. The number of ketones is 1. The molecule has 1 rings (SSSR count). The van der Waals surface area contributed by atoms with Crippen LogP contribution in [0.1, 0.15) is 10.4 Å². The van der Waals surface area contributed by atoms with Crippen LogP contribution in [0.2, 0.25) is 10.3 Å². The van der Waals surface area contributed by atoms with E-state index in [0.717, 1.165) is 6.33 Å². The number of rotatable bonds is 2. The second-order valence-electron chi connectivity index (χ2n) is 1.96. The molecule has 0 bridgehead atoms. The van der Waals surface area contributed by atoms with E-state index in [1.807, 2.05) is 0 Å². The maximum atomic E-state index is 10.9. The van der Waals surface area contributed by atoms with Crippen LogP contribution in [0.15, 0.2) is 6.33 Å². The molecule has 1 heterocycles. The summed E-state index contributed by atoms with van der Waals surface area (Å²) in [5.74, 6) is -2.88. The van der Waals surface area contributed by atoms with E-state index in [9.17, 15) is 9.59 Å². The van der Waals surface area contributed by atoms with E-state index < -0.39 is 17.3 Å². The number of nitrogens with zero attached hydrogens (tertiary/aromatic N) is 2. The van der Waals surface area contributed by atoms with Gasteiger partial charge in [-0.15, -0.1) is 0 Å².